The number of rotatable bonds is 8. The van der Waals surface area contributed by atoms with Crippen LogP contribution in [-0.4, -0.2) is 0 Å². The monoisotopic (exact) mass is 370 g/mol. The van der Waals surface area contributed by atoms with Crippen molar-refractivity contribution in [1.29, 1.82) is 0 Å². The fraction of sp³-hybridized carbons (Fsp3) is 0.852. The molecular weight excluding hydrogens is 324 g/mol. The Hall–Kier alpha value is -0.520. The van der Waals surface area contributed by atoms with Gasteiger partial charge in [0, 0.05) is 0 Å². The van der Waals surface area contributed by atoms with Gasteiger partial charge in [-0.2, -0.15) is 0 Å². The van der Waals surface area contributed by atoms with E-state index in [1.54, 1.807) is 12.8 Å². The number of hydrogen-bond donors (Lipinski definition) is 0. The van der Waals surface area contributed by atoms with Crippen molar-refractivity contribution in [3.05, 3.63) is 24.8 Å². The summed E-state index contributed by atoms with van der Waals surface area (Å²) in [5.74, 6) is 5.91. The van der Waals surface area contributed by atoms with Crippen LogP contribution in [0.4, 0.5) is 0 Å². The minimum absolute atomic E-state index is 0.814. The first kappa shape index (κ1) is 21.2. The highest BCUT2D eigenvalue weighted by Gasteiger charge is 2.30. The van der Waals surface area contributed by atoms with E-state index in [9.17, 15) is 0 Å². The van der Waals surface area contributed by atoms with Crippen molar-refractivity contribution in [1.82, 2.24) is 0 Å². The lowest BCUT2D eigenvalue weighted by molar-refractivity contribution is 0.152. The maximum atomic E-state index is 3.97. The summed E-state index contributed by atoms with van der Waals surface area (Å²) < 4.78 is 0. The van der Waals surface area contributed by atoms with Gasteiger partial charge in [0.15, 0.2) is 0 Å². The van der Waals surface area contributed by atoms with Crippen LogP contribution in [0.1, 0.15) is 110 Å². The molecule has 0 saturated heterocycles. The largest absolute Gasteiger partial charge is 0.103 e. The standard InChI is InChI=1S/C27H46/c1-3-7-23-14-18-26(19-15-23)27-20-16-25(17-21-27)9-6-5-8-24-12-10-22(4-2)11-13-24/h4,6,9,22-27H,2-3,5,7-8,10-21H2,1H3. The van der Waals surface area contributed by atoms with E-state index in [1.807, 2.05) is 0 Å². The van der Waals surface area contributed by atoms with Crippen molar-refractivity contribution in [2.24, 2.45) is 35.5 Å². The van der Waals surface area contributed by atoms with Crippen LogP contribution in [-0.2, 0) is 0 Å². The lowest BCUT2D eigenvalue weighted by Gasteiger charge is -2.37. The Morgan fingerprint density at radius 3 is 1.78 bits per heavy atom. The molecule has 0 aromatic rings. The Balaban J connectivity index is 1.27. The fourth-order valence-electron chi connectivity index (χ4n) is 6.50. The molecule has 154 valence electrons. The van der Waals surface area contributed by atoms with Crippen LogP contribution < -0.4 is 0 Å². The highest BCUT2D eigenvalue weighted by Crippen LogP contribution is 2.42. The first-order valence-corrected chi connectivity index (χ1v) is 12.6. The topological polar surface area (TPSA) is 0 Å². The van der Waals surface area contributed by atoms with Gasteiger partial charge >= 0.3 is 0 Å². The van der Waals surface area contributed by atoms with Gasteiger partial charge in [0.1, 0.15) is 0 Å². The molecule has 3 fully saturated rings. The summed E-state index contributed by atoms with van der Waals surface area (Å²) in [6.07, 6.45) is 30.8. The van der Waals surface area contributed by atoms with E-state index >= 15 is 0 Å². The Bertz CT molecular complexity index is 423. The average molecular weight is 371 g/mol. The molecule has 0 unspecified atom stereocenters. The molecule has 0 heteroatoms. The summed E-state index contributed by atoms with van der Waals surface area (Å²) in [6.45, 7) is 6.33. The smallest absolute Gasteiger partial charge is 0.0233 e. The predicted octanol–water partition coefficient (Wildman–Crippen LogP) is 8.73. The zero-order chi connectivity index (χ0) is 18.9. The molecule has 27 heavy (non-hydrogen) atoms. The third kappa shape index (κ3) is 6.79. The van der Waals surface area contributed by atoms with E-state index in [0.717, 1.165) is 35.5 Å². The molecule has 0 aromatic heterocycles. The first-order valence-electron chi connectivity index (χ1n) is 12.6. The van der Waals surface area contributed by atoms with Gasteiger partial charge < -0.3 is 0 Å². The normalized spacial score (nSPS) is 38.1. The zero-order valence-electron chi connectivity index (χ0n) is 18.2. The van der Waals surface area contributed by atoms with Gasteiger partial charge in [-0.25, -0.2) is 0 Å². The minimum Gasteiger partial charge on any atom is -0.103 e. The van der Waals surface area contributed by atoms with Gasteiger partial charge in [-0.1, -0.05) is 50.8 Å². The van der Waals surface area contributed by atoms with Gasteiger partial charge in [-0.15, -0.1) is 6.58 Å². The average Bonchev–Trinajstić information content (AvgIpc) is 2.73. The molecule has 3 aliphatic carbocycles. The molecule has 3 aliphatic rings. The van der Waals surface area contributed by atoms with Crippen molar-refractivity contribution >= 4 is 0 Å². The van der Waals surface area contributed by atoms with Crippen molar-refractivity contribution in [3.63, 3.8) is 0 Å². The summed E-state index contributed by atoms with van der Waals surface area (Å²) in [5, 5.41) is 0. The summed E-state index contributed by atoms with van der Waals surface area (Å²) in [4.78, 5) is 0. The molecule has 3 rings (SSSR count). The molecule has 0 aliphatic heterocycles. The lowest BCUT2D eigenvalue weighted by Crippen LogP contribution is -2.25. The first-order chi connectivity index (χ1) is 13.3. The second-order valence-electron chi connectivity index (χ2n) is 10.3. The second kappa shape index (κ2) is 11.5. The molecule has 0 amide bonds. The molecule has 3 saturated carbocycles. The van der Waals surface area contributed by atoms with Crippen molar-refractivity contribution < 1.29 is 0 Å². The Kier molecular flexibility index (Phi) is 9.01. The van der Waals surface area contributed by atoms with Crippen molar-refractivity contribution in [2.45, 2.75) is 110 Å². The van der Waals surface area contributed by atoms with Crippen LogP contribution in [0.15, 0.2) is 24.8 Å². The van der Waals surface area contributed by atoms with Crippen LogP contribution in [0.2, 0.25) is 0 Å². The molecule has 0 atom stereocenters. The van der Waals surface area contributed by atoms with E-state index in [1.165, 1.54) is 89.9 Å². The SMILES string of the molecule is C=CC1CCC(CCC=CC2CCC(C3CCC(CCC)CC3)CC2)CC1. The number of hydrogen-bond acceptors (Lipinski definition) is 0. The summed E-state index contributed by atoms with van der Waals surface area (Å²) >= 11 is 0. The van der Waals surface area contributed by atoms with Crippen LogP contribution in [0.5, 0.6) is 0 Å². The summed E-state index contributed by atoms with van der Waals surface area (Å²) in [7, 11) is 0. The van der Waals surface area contributed by atoms with Gasteiger partial charge in [0.2, 0.25) is 0 Å². The Morgan fingerprint density at radius 2 is 1.19 bits per heavy atom. The molecule has 0 nitrogen and oxygen atoms in total. The molecule has 0 bridgehead atoms. The maximum absolute atomic E-state index is 3.97. The van der Waals surface area contributed by atoms with E-state index in [-0.39, 0.29) is 0 Å². The van der Waals surface area contributed by atoms with Gasteiger partial charge in [-0.3, -0.25) is 0 Å². The third-order valence-electron chi connectivity index (χ3n) is 8.45. The predicted molar refractivity (Wildman–Crippen MR) is 120 cm³/mol. The molecule has 0 radical (unpaired) electrons. The Labute approximate surface area is 170 Å². The van der Waals surface area contributed by atoms with E-state index in [0.29, 0.717) is 0 Å². The van der Waals surface area contributed by atoms with Gasteiger partial charge in [0.25, 0.3) is 0 Å². The maximum Gasteiger partial charge on any atom is -0.0233 e. The lowest BCUT2D eigenvalue weighted by atomic mass is 9.68. The second-order valence-corrected chi connectivity index (χ2v) is 10.3. The number of allylic oxidation sites excluding steroid dienone is 3. The summed E-state index contributed by atoms with van der Waals surface area (Å²) in [6, 6.07) is 0. The highest BCUT2D eigenvalue weighted by molar-refractivity contribution is 4.93. The summed E-state index contributed by atoms with van der Waals surface area (Å²) in [5.41, 5.74) is 0. The molecule has 0 spiro atoms. The van der Waals surface area contributed by atoms with E-state index < -0.39 is 0 Å². The van der Waals surface area contributed by atoms with Gasteiger partial charge in [0.05, 0.1) is 0 Å². The minimum atomic E-state index is 0.814. The van der Waals surface area contributed by atoms with Crippen LogP contribution in [0.3, 0.4) is 0 Å². The highest BCUT2D eigenvalue weighted by atomic mass is 14.4. The third-order valence-corrected chi connectivity index (χ3v) is 8.45. The van der Waals surface area contributed by atoms with E-state index in [4.69, 9.17) is 0 Å². The fourth-order valence-corrected chi connectivity index (χ4v) is 6.50. The quantitative estimate of drug-likeness (QED) is 0.375. The Morgan fingerprint density at radius 1 is 0.667 bits per heavy atom. The molecular formula is C27H46. The van der Waals surface area contributed by atoms with E-state index in [2.05, 4.69) is 31.7 Å². The van der Waals surface area contributed by atoms with Gasteiger partial charge in [-0.05, 0) is 113 Å². The van der Waals surface area contributed by atoms with Crippen LogP contribution in [0.25, 0.3) is 0 Å². The van der Waals surface area contributed by atoms with Crippen molar-refractivity contribution in [3.8, 4) is 0 Å². The van der Waals surface area contributed by atoms with Crippen LogP contribution >= 0.6 is 0 Å². The molecule has 0 N–H and O–H groups in total. The molecule has 0 heterocycles. The van der Waals surface area contributed by atoms with Crippen molar-refractivity contribution in [2.75, 3.05) is 0 Å². The van der Waals surface area contributed by atoms with Crippen LogP contribution in [0, 0.1) is 35.5 Å². The molecule has 0 aromatic carbocycles. The zero-order valence-corrected chi connectivity index (χ0v) is 18.2.